The molecular formula is C32H38F3N5O2. The Morgan fingerprint density at radius 3 is 2.45 bits per heavy atom. The van der Waals surface area contributed by atoms with Gasteiger partial charge in [-0.15, -0.1) is 0 Å². The molecule has 2 heterocycles. The van der Waals surface area contributed by atoms with Crippen molar-refractivity contribution in [3.8, 4) is 11.1 Å². The number of piperidine rings is 1. The summed E-state index contributed by atoms with van der Waals surface area (Å²) in [4.78, 5) is 20.2. The molecule has 3 atom stereocenters. The summed E-state index contributed by atoms with van der Waals surface area (Å²) >= 11 is 0. The van der Waals surface area contributed by atoms with Crippen molar-refractivity contribution in [3.05, 3.63) is 72.4 Å². The van der Waals surface area contributed by atoms with Gasteiger partial charge < -0.3 is 20.3 Å². The molecule has 1 aliphatic carbocycles. The molecule has 2 fully saturated rings. The predicted molar refractivity (Wildman–Crippen MR) is 160 cm³/mol. The molecule has 224 valence electrons. The first-order valence-electron chi connectivity index (χ1n) is 14.5. The molecule has 42 heavy (non-hydrogen) atoms. The third kappa shape index (κ3) is 7.15. The van der Waals surface area contributed by atoms with Gasteiger partial charge >= 0.3 is 12.3 Å². The molecule has 5 rings (SSSR count). The SMILES string of the molecule is COC(=O)N(C)c1cccc(-c2ccnc(N[C@@H]3CCCC[C@H]3N[C@H]3CCCN(c4ccc(C(F)(F)F)cc4)C3)c2)c1. The molecule has 2 aromatic carbocycles. The zero-order chi connectivity index (χ0) is 29.7. The molecule has 0 spiro atoms. The van der Waals surface area contributed by atoms with Crippen molar-refractivity contribution < 1.29 is 22.7 Å². The molecule has 1 amide bonds. The molecule has 1 aromatic heterocycles. The zero-order valence-electron chi connectivity index (χ0n) is 24.0. The summed E-state index contributed by atoms with van der Waals surface area (Å²) in [6.45, 7) is 1.60. The fourth-order valence-corrected chi connectivity index (χ4v) is 6.03. The minimum Gasteiger partial charge on any atom is -0.452 e. The lowest BCUT2D eigenvalue weighted by Gasteiger charge is -2.40. The van der Waals surface area contributed by atoms with Crippen LogP contribution in [0.5, 0.6) is 0 Å². The first-order chi connectivity index (χ1) is 20.2. The predicted octanol–water partition coefficient (Wildman–Crippen LogP) is 6.95. The van der Waals surface area contributed by atoms with E-state index in [-0.39, 0.29) is 18.1 Å². The number of rotatable bonds is 7. The summed E-state index contributed by atoms with van der Waals surface area (Å²) in [6, 6.07) is 17.9. The lowest BCUT2D eigenvalue weighted by atomic mass is 9.89. The van der Waals surface area contributed by atoms with Crippen molar-refractivity contribution in [3.63, 3.8) is 0 Å². The number of alkyl halides is 3. The Morgan fingerprint density at radius 1 is 0.976 bits per heavy atom. The first kappa shape index (κ1) is 29.7. The minimum atomic E-state index is -4.33. The van der Waals surface area contributed by atoms with Crippen molar-refractivity contribution >= 4 is 23.3 Å². The van der Waals surface area contributed by atoms with Gasteiger partial charge in [0.05, 0.1) is 12.7 Å². The molecule has 0 unspecified atom stereocenters. The van der Waals surface area contributed by atoms with Crippen LogP contribution in [0.4, 0.5) is 35.2 Å². The quantitative estimate of drug-likeness (QED) is 0.315. The van der Waals surface area contributed by atoms with E-state index in [2.05, 4.69) is 20.5 Å². The van der Waals surface area contributed by atoms with Crippen molar-refractivity contribution in [2.24, 2.45) is 0 Å². The van der Waals surface area contributed by atoms with Crippen LogP contribution >= 0.6 is 0 Å². The molecule has 1 saturated carbocycles. The maximum atomic E-state index is 13.0. The fourth-order valence-electron chi connectivity index (χ4n) is 6.03. The van der Waals surface area contributed by atoms with Gasteiger partial charge in [0.1, 0.15) is 5.82 Å². The second-order valence-electron chi connectivity index (χ2n) is 11.1. The molecule has 3 aromatic rings. The Hall–Kier alpha value is -3.79. The van der Waals surface area contributed by atoms with E-state index in [0.29, 0.717) is 0 Å². The Bertz CT molecular complexity index is 1350. The van der Waals surface area contributed by atoms with Gasteiger partial charge in [-0.3, -0.25) is 4.90 Å². The second-order valence-corrected chi connectivity index (χ2v) is 11.1. The number of nitrogens with one attached hydrogen (secondary N) is 2. The van der Waals surface area contributed by atoms with E-state index in [4.69, 9.17) is 4.74 Å². The van der Waals surface area contributed by atoms with Crippen molar-refractivity contribution in [1.29, 1.82) is 0 Å². The number of hydrogen-bond donors (Lipinski definition) is 2. The molecule has 1 aliphatic heterocycles. The van der Waals surface area contributed by atoms with E-state index in [1.807, 2.05) is 36.4 Å². The lowest BCUT2D eigenvalue weighted by molar-refractivity contribution is -0.137. The van der Waals surface area contributed by atoms with Crippen LogP contribution in [0.25, 0.3) is 11.1 Å². The van der Waals surface area contributed by atoms with E-state index in [9.17, 15) is 18.0 Å². The summed E-state index contributed by atoms with van der Waals surface area (Å²) in [5.41, 5.74) is 2.91. The number of benzene rings is 2. The Morgan fingerprint density at radius 2 is 1.71 bits per heavy atom. The van der Waals surface area contributed by atoms with Gasteiger partial charge in [0, 0.05) is 55.8 Å². The van der Waals surface area contributed by atoms with Crippen LogP contribution in [0, 0.1) is 0 Å². The molecular weight excluding hydrogens is 543 g/mol. The number of carbonyl (C=O) groups excluding carboxylic acids is 1. The first-order valence-corrected chi connectivity index (χ1v) is 14.5. The van der Waals surface area contributed by atoms with Crippen LogP contribution in [0.15, 0.2) is 66.9 Å². The Kier molecular flexibility index (Phi) is 9.21. The summed E-state index contributed by atoms with van der Waals surface area (Å²) in [7, 11) is 3.04. The van der Waals surface area contributed by atoms with Crippen LogP contribution in [0.1, 0.15) is 44.1 Å². The molecule has 2 aliphatic rings. The number of aromatic nitrogens is 1. The Labute approximate surface area is 245 Å². The van der Waals surface area contributed by atoms with Crippen LogP contribution in [0.2, 0.25) is 0 Å². The highest BCUT2D eigenvalue weighted by Gasteiger charge is 2.32. The number of pyridine rings is 1. The lowest BCUT2D eigenvalue weighted by Crippen LogP contribution is -2.55. The highest BCUT2D eigenvalue weighted by molar-refractivity contribution is 5.88. The van der Waals surface area contributed by atoms with E-state index in [0.717, 1.165) is 79.9 Å². The normalized spacial score (nSPS) is 21.1. The second kappa shape index (κ2) is 13.0. The smallest absolute Gasteiger partial charge is 0.416 e. The monoisotopic (exact) mass is 581 g/mol. The van der Waals surface area contributed by atoms with Crippen molar-refractivity contribution in [1.82, 2.24) is 10.3 Å². The number of ether oxygens (including phenoxy) is 1. The van der Waals surface area contributed by atoms with Gasteiger partial charge in [-0.05, 0) is 85.3 Å². The molecule has 0 bridgehead atoms. The highest BCUT2D eigenvalue weighted by Crippen LogP contribution is 2.32. The van der Waals surface area contributed by atoms with E-state index in [1.54, 1.807) is 25.4 Å². The summed E-state index contributed by atoms with van der Waals surface area (Å²) in [6.07, 6.45) is 3.42. The van der Waals surface area contributed by atoms with Gasteiger partial charge in [0.15, 0.2) is 0 Å². The number of nitrogens with zero attached hydrogens (tertiary/aromatic N) is 3. The molecule has 2 N–H and O–H groups in total. The van der Waals surface area contributed by atoms with E-state index >= 15 is 0 Å². The molecule has 1 saturated heterocycles. The number of methoxy groups -OCH3 is 1. The van der Waals surface area contributed by atoms with Gasteiger partial charge in [-0.1, -0.05) is 25.0 Å². The average Bonchev–Trinajstić information content (AvgIpc) is 3.01. The minimum absolute atomic E-state index is 0.208. The maximum absolute atomic E-state index is 13.0. The van der Waals surface area contributed by atoms with Crippen molar-refractivity contribution in [2.75, 3.05) is 42.4 Å². The maximum Gasteiger partial charge on any atom is 0.416 e. The topological polar surface area (TPSA) is 69.7 Å². The van der Waals surface area contributed by atoms with Crippen LogP contribution in [0.3, 0.4) is 0 Å². The summed E-state index contributed by atoms with van der Waals surface area (Å²) in [5, 5.41) is 7.56. The van der Waals surface area contributed by atoms with E-state index < -0.39 is 17.8 Å². The molecule has 0 radical (unpaired) electrons. The van der Waals surface area contributed by atoms with Crippen LogP contribution in [-0.2, 0) is 10.9 Å². The number of hydrogen-bond acceptors (Lipinski definition) is 6. The number of anilines is 3. The highest BCUT2D eigenvalue weighted by atomic mass is 19.4. The third-order valence-corrected chi connectivity index (χ3v) is 8.31. The molecule has 7 nitrogen and oxygen atoms in total. The average molecular weight is 582 g/mol. The zero-order valence-corrected chi connectivity index (χ0v) is 24.0. The summed E-state index contributed by atoms with van der Waals surface area (Å²) in [5.74, 6) is 0.799. The van der Waals surface area contributed by atoms with E-state index in [1.165, 1.54) is 24.1 Å². The van der Waals surface area contributed by atoms with Crippen molar-refractivity contribution in [2.45, 2.75) is 62.8 Å². The Balaban J connectivity index is 1.24. The molecule has 10 heteroatoms. The fraction of sp³-hybridized carbons (Fsp3) is 0.438. The van der Waals surface area contributed by atoms with Gasteiger partial charge in [-0.25, -0.2) is 9.78 Å². The summed E-state index contributed by atoms with van der Waals surface area (Å²) < 4.78 is 43.9. The van der Waals surface area contributed by atoms with Gasteiger partial charge in [-0.2, -0.15) is 13.2 Å². The largest absolute Gasteiger partial charge is 0.452 e. The van der Waals surface area contributed by atoms with Crippen LogP contribution in [-0.4, -0.2) is 56.4 Å². The number of halogens is 3. The van der Waals surface area contributed by atoms with Gasteiger partial charge in [0.25, 0.3) is 0 Å². The third-order valence-electron chi connectivity index (χ3n) is 8.31. The number of carbonyl (C=O) groups is 1. The number of amides is 1. The van der Waals surface area contributed by atoms with Gasteiger partial charge in [0.2, 0.25) is 0 Å². The van der Waals surface area contributed by atoms with Crippen LogP contribution < -0.4 is 20.4 Å². The standard InChI is InChI=1S/C32H38F3N5O2/c1-39(31(41)42-2)27-9-5-7-22(19-27)23-16-17-36-30(20-23)38-29-11-4-3-10-28(29)37-25-8-6-18-40(21-25)26-14-12-24(13-15-26)32(33,34)35/h5,7,9,12-17,19-20,25,28-29,37H,3-4,6,8,10-11,18,21H2,1-2H3,(H,36,38)/t25-,28+,29+/m0/s1.